The van der Waals surface area contributed by atoms with E-state index in [4.69, 9.17) is 0 Å². The van der Waals surface area contributed by atoms with Crippen LogP contribution in [0.5, 0.6) is 0 Å². The van der Waals surface area contributed by atoms with Gasteiger partial charge in [-0.2, -0.15) is 0 Å². The zero-order chi connectivity index (χ0) is 30.1. The van der Waals surface area contributed by atoms with Crippen LogP contribution in [0.3, 0.4) is 0 Å². The number of carboxylic acid groups (broad SMARTS) is 1. The number of imide groups is 2. The van der Waals surface area contributed by atoms with E-state index in [2.05, 4.69) is 26.2 Å². The van der Waals surface area contributed by atoms with Crippen molar-refractivity contribution in [2.24, 2.45) is 7.05 Å². The van der Waals surface area contributed by atoms with Crippen molar-refractivity contribution in [2.75, 3.05) is 24.6 Å². The molecular weight excluding hydrogens is 613 g/mol. The van der Waals surface area contributed by atoms with Crippen LogP contribution >= 0.6 is 23.5 Å². The van der Waals surface area contributed by atoms with Gasteiger partial charge in [0.15, 0.2) is 0 Å². The zero-order valence-corrected chi connectivity index (χ0v) is 26.9. The fourth-order valence-corrected chi connectivity index (χ4v) is 7.01. The molecule has 1 aromatic carbocycles. The summed E-state index contributed by atoms with van der Waals surface area (Å²) in [5, 5.41) is 28.1. The van der Waals surface area contributed by atoms with Crippen molar-refractivity contribution < 1.29 is 63.4 Å². The summed E-state index contributed by atoms with van der Waals surface area (Å²) in [6.07, 6.45) is 0. The van der Waals surface area contributed by atoms with Gasteiger partial charge in [0.05, 0.1) is 18.2 Å². The van der Waals surface area contributed by atoms with Crippen LogP contribution in [0.2, 0.25) is 0 Å². The molecule has 4 heterocycles. The van der Waals surface area contributed by atoms with Crippen molar-refractivity contribution in [1.82, 2.24) is 45.5 Å². The zero-order valence-electron chi connectivity index (χ0n) is 23.3. The Bertz CT molecular complexity index is 1500. The molecular formula is C24H24N9NaO7S2. The standard InChI is InChI=1S/C24H25N9O7S2.Na/c1-12(34)31-8-9-32(24(31)40)22(39)26-15(13-6-4-3-5-7-13)18(35)25-16-19(36)33-17(21(37)38)14(10-41-20(16)33)11-42-23-27-28-29-30(23)2;/h3-7,15-16,20H,8-11H2,1-2H3,(H,25,35)(H,26,39)(H,37,38);/q;+1/p-1/t15-,16?,20-;/m1./s1. The monoisotopic (exact) mass is 637 g/mol. The smallest absolute Gasteiger partial charge is 0.543 e. The molecule has 7 amide bonds. The fourth-order valence-electron chi connectivity index (χ4n) is 4.68. The predicted molar refractivity (Wildman–Crippen MR) is 144 cm³/mol. The topological polar surface area (TPSA) is 203 Å². The van der Waals surface area contributed by atoms with Gasteiger partial charge in [-0.3, -0.25) is 24.2 Å². The largest absolute Gasteiger partial charge is 1.00 e. The van der Waals surface area contributed by atoms with Gasteiger partial charge in [0.1, 0.15) is 17.5 Å². The van der Waals surface area contributed by atoms with Crippen molar-refractivity contribution in [1.29, 1.82) is 0 Å². The number of fused-ring (bicyclic) bond motifs is 1. The molecule has 2 aromatic rings. The number of nitrogens with one attached hydrogen (secondary N) is 2. The van der Waals surface area contributed by atoms with Crippen molar-refractivity contribution in [2.45, 2.75) is 29.5 Å². The van der Waals surface area contributed by atoms with E-state index >= 15 is 0 Å². The number of β-lactam (4-membered cyclic amide) rings is 1. The summed E-state index contributed by atoms with van der Waals surface area (Å²) in [7, 11) is 1.64. The number of hydrogen-bond donors (Lipinski definition) is 2. The second-order valence-corrected chi connectivity index (χ2v) is 11.5. The molecule has 0 aliphatic carbocycles. The van der Waals surface area contributed by atoms with Crippen LogP contribution in [0.15, 0.2) is 46.8 Å². The van der Waals surface area contributed by atoms with Crippen molar-refractivity contribution in [3.05, 3.63) is 47.2 Å². The Kier molecular flexibility index (Phi) is 10.2. The number of amides is 7. The molecule has 2 fully saturated rings. The van der Waals surface area contributed by atoms with E-state index in [-0.39, 0.29) is 59.8 Å². The molecule has 3 aliphatic heterocycles. The molecule has 3 aliphatic rings. The van der Waals surface area contributed by atoms with Crippen LogP contribution in [0, 0.1) is 0 Å². The maximum absolute atomic E-state index is 13.5. The Balaban J connectivity index is 0.00000423. The van der Waals surface area contributed by atoms with Crippen LogP contribution in [0.4, 0.5) is 9.59 Å². The Morgan fingerprint density at radius 1 is 1.14 bits per heavy atom. The van der Waals surface area contributed by atoms with E-state index in [0.29, 0.717) is 16.3 Å². The average Bonchev–Trinajstić information content (AvgIpc) is 3.57. The summed E-state index contributed by atoms with van der Waals surface area (Å²) in [4.78, 5) is 78.7. The van der Waals surface area contributed by atoms with Gasteiger partial charge in [0.25, 0.3) is 5.91 Å². The van der Waals surface area contributed by atoms with Gasteiger partial charge < -0.3 is 20.5 Å². The second kappa shape index (κ2) is 13.5. The van der Waals surface area contributed by atoms with E-state index in [1.807, 2.05) is 0 Å². The average molecular weight is 638 g/mol. The van der Waals surface area contributed by atoms with Crippen LogP contribution < -0.4 is 45.3 Å². The summed E-state index contributed by atoms with van der Waals surface area (Å²) in [6.45, 7) is 1.19. The number of thioether (sulfide) groups is 2. The molecule has 2 saturated heterocycles. The van der Waals surface area contributed by atoms with Gasteiger partial charge in [-0.05, 0) is 21.6 Å². The summed E-state index contributed by atoms with van der Waals surface area (Å²) >= 11 is 2.48. The quantitative estimate of drug-likeness (QED) is 0.160. The molecule has 220 valence electrons. The molecule has 43 heavy (non-hydrogen) atoms. The molecule has 1 aromatic heterocycles. The molecule has 1 unspecified atom stereocenters. The number of aryl methyl sites for hydroxylation is 1. The number of carbonyl (C=O) groups excluding carboxylic acids is 6. The molecule has 3 atom stereocenters. The normalized spacial score (nSPS) is 20.2. The van der Waals surface area contributed by atoms with Gasteiger partial charge in [-0.25, -0.2) is 19.2 Å². The summed E-state index contributed by atoms with van der Waals surface area (Å²) in [5.41, 5.74) is 0.574. The number of hydrogen-bond acceptors (Lipinski definition) is 12. The van der Waals surface area contributed by atoms with Crippen molar-refractivity contribution in [3.8, 4) is 0 Å². The number of urea groups is 2. The number of aromatic nitrogens is 4. The predicted octanol–water partition coefficient (Wildman–Crippen LogP) is -4.55. The number of tetrazole rings is 1. The Labute approximate surface area is 275 Å². The molecule has 0 spiro atoms. The fraction of sp³-hybridized carbons (Fsp3) is 0.375. The third-order valence-corrected chi connectivity index (χ3v) is 9.23. The first kappa shape index (κ1) is 32.5. The number of nitrogens with zero attached hydrogens (tertiary/aromatic N) is 7. The van der Waals surface area contributed by atoms with E-state index in [9.17, 15) is 33.9 Å². The minimum Gasteiger partial charge on any atom is -0.543 e. The minimum absolute atomic E-state index is 0. The van der Waals surface area contributed by atoms with Crippen LogP contribution in [-0.2, 0) is 26.2 Å². The molecule has 2 N–H and O–H groups in total. The second-order valence-electron chi connectivity index (χ2n) is 9.41. The third kappa shape index (κ3) is 6.42. The van der Waals surface area contributed by atoms with Gasteiger partial charge in [-0.1, -0.05) is 42.1 Å². The van der Waals surface area contributed by atoms with Gasteiger partial charge in [0, 0.05) is 32.0 Å². The maximum atomic E-state index is 13.5. The van der Waals surface area contributed by atoms with Gasteiger partial charge in [-0.15, -0.1) is 16.9 Å². The van der Waals surface area contributed by atoms with E-state index in [1.165, 1.54) is 35.1 Å². The Morgan fingerprint density at radius 3 is 2.44 bits per heavy atom. The van der Waals surface area contributed by atoms with E-state index < -0.39 is 53.2 Å². The number of carbonyl (C=O) groups is 6. The SMILES string of the molecule is CC(=O)N1CCN(C(=O)N[C@@H](C(=O)NC2C(=O)N3C(C(=O)[O-])=C(CSc4nnnn4C)CS[C@H]23)c2ccccc2)C1=O.[Na+]. The number of aliphatic carboxylic acids is 1. The minimum atomic E-state index is -1.52. The first-order valence-electron chi connectivity index (χ1n) is 12.6. The molecule has 0 radical (unpaired) electrons. The van der Waals surface area contributed by atoms with Crippen LogP contribution in [0.25, 0.3) is 0 Å². The van der Waals surface area contributed by atoms with Crippen LogP contribution in [-0.4, -0.2) is 107 Å². The van der Waals surface area contributed by atoms with E-state index in [0.717, 1.165) is 14.7 Å². The first-order valence-corrected chi connectivity index (χ1v) is 14.6. The molecule has 16 nitrogen and oxygen atoms in total. The van der Waals surface area contributed by atoms with Crippen LogP contribution in [0.1, 0.15) is 18.5 Å². The molecule has 19 heteroatoms. The number of rotatable bonds is 8. The molecule has 5 rings (SSSR count). The summed E-state index contributed by atoms with van der Waals surface area (Å²) < 4.78 is 1.43. The van der Waals surface area contributed by atoms with Gasteiger partial charge in [0.2, 0.25) is 17.0 Å². The number of benzene rings is 1. The number of carboxylic acids is 1. The Morgan fingerprint density at radius 2 is 1.84 bits per heavy atom. The summed E-state index contributed by atoms with van der Waals surface area (Å²) in [5.74, 6) is -2.95. The Hall–Kier alpha value is -3.45. The molecule has 0 bridgehead atoms. The summed E-state index contributed by atoms with van der Waals surface area (Å²) in [6, 6.07) is 4.15. The third-order valence-electron chi connectivity index (χ3n) is 6.79. The molecule has 0 saturated carbocycles. The van der Waals surface area contributed by atoms with E-state index in [1.54, 1.807) is 37.4 Å². The van der Waals surface area contributed by atoms with Crippen molar-refractivity contribution in [3.63, 3.8) is 0 Å². The first-order chi connectivity index (χ1) is 20.1. The van der Waals surface area contributed by atoms with Gasteiger partial charge >= 0.3 is 41.6 Å². The van der Waals surface area contributed by atoms with Crippen molar-refractivity contribution >= 4 is 59.3 Å². The maximum Gasteiger partial charge on any atom is 1.00 e.